The van der Waals surface area contributed by atoms with E-state index in [1.807, 2.05) is 17.0 Å². The molecule has 24 heavy (non-hydrogen) atoms. The molecule has 4 rings (SSSR count). The van der Waals surface area contributed by atoms with Gasteiger partial charge in [0.1, 0.15) is 13.2 Å². The van der Waals surface area contributed by atoms with Crippen LogP contribution < -0.4 is 0 Å². The summed E-state index contributed by atoms with van der Waals surface area (Å²) in [5.41, 5.74) is 0.789. The van der Waals surface area contributed by atoms with E-state index in [0.717, 1.165) is 25.1 Å². The first-order valence-electron chi connectivity index (χ1n) is 8.74. The smallest absolute Gasteiger partial charge is 0.293 e. The third-order valence-corrected chi connectivity index (χ3v) is 5.44. The minimum Gasteiger partial charge on any atom is -0.463 e. The molecule has 128 valence electrons. The monoisotopic (exact) mass is 347 g/mol. The highest BCUT2D eigenvalue weighted by Crippen LogP contribution is 2.28. The Balaban J connectivity index is 1.48. The number of rotatable bonds is 2. The molecule has 3 aliphatic rings. The van der Waals surface area contributed by atoms with E-state index in [1.165, 1.54) is 19.3 Å². The summed E-state index contributed by atoms with van der Waals surface area (Å²) in [6, 6.07) is 8.51. The molecule has 1 aliphatic carbocycles. The SMILES string of the molecule is O=C1CN2C(=Nc3ccc(Cl)cc3)OCC2CN1C1CCCCC1. The molecular formula is C18H22ClN3O2. The van der Waals surface area contributed by atoms with E-state index >= 15 is 0 Å². The number of amides is 1. The van der Waals surface area contributed by atoms with Crippen LogP contribution in [0.5, 0.6) is 0 Å². The second-order valence-electron chi connectivity index (χ2n) is 6.80. The number of nitrogens with zero attached hydrogens (tertiary/aromatic N) is 3. The number of benzene rings is 1. The average Bonchev–Trinajstić information content (AvgIpc) is 2.99. The summed E-state index contributed by atoms with van der Waals surface area (Å²) in [5.74, 6) is 0.201. The Morgan fingerprint density at radius 2 is 1.79 bits per heavy atom. The first kappa shape index (κ1) is 15.8. The largest absolute Gasteiger partial charge is 0.463 e. The van der Waals surface area contributed by atoms with Crippen LogP contribution in [0.25, 0.3) is 0 Å². The average molecular weight is 348 g/mol. The third kappa shape index (κ3) is 3.09. The van der Waals surface area contributed by atoms with Crippen LogP contribution in [-0.2, 0) is 9.53 Å². The number of carbonyl (C=O) groups excluding carboxylic acids is 1. The van der Waals surface area contributed by atoms with Crippen molar-refractivity contribution < 1.29 is 9.53 Å². The summed E-state index contributed by atoms with van der Waals surface area (Å²) in [6.45, 7) is 1.72. The Morgan fingerprint density at radius 3 is 2.54 bits per heavy atom. The van der Waals surface area contributed by atoms with Crippen molar-refractivity contribution in [1.29, 1.82) is 0 Å². The summed E-state index contributed by atoms with van der Waals surface area (Å²) in [4.78, 5) is 21.3. The number of piperazine rings is 1. The van der Waals surface area contributed by atoms with E-state index in [9.17, 15) is 4.79 Å². The highest BCUT2D eigenvalue weighted by molar-refractivity contribution is 6.30. The van der Waals surface area contributed by atoms with Gasteiger partial charge in [-0.1, -0.05) is 30.9 Å². The fourth-order valence-electron chi connectivity index (χ4n) is 3.88. The van der Waals surface area contributed by atoms with Gasteiger partial charge in [-0.2, -0.15) is 4.99 Å². The van der Waals surface area contributed by atoms with E-state index in [4.69, 9.17) is 16.3 Å². The van der Waals surface area contributed by atoms with Crippen molar-refractivity contribution in [2.24, 2.45) is 4.99 Å². The molecule has 0 N–H and O–H groups in total. The lowest BCUT2D eigenvalue weighted by atomic mass is 9.93. The molecule has 0 aromatic heterocycles. The number of ether oxygens (including phenoxy) is 1. The Kier molecular flexibility index (Phi) is 4.35. The van der Waals surface area contributed by atoms with Gasteiger partial charge in [0.05, 0.1) is 11.7 Å². The maximum atomic E-state index is 12.6. The Morgan fingerprint density at radius 1 is 1.04 bits per heavy atom. The molecule has 3 fully saturated rings. The zero-order chi connectivity index (χ0) is 16.5. The van der Waals surface area contributed by atoms with E-state index in [1.54, 1.807) is 12.1 Å². The predicted octanol–water partition coefficient (Wildman–Crippen LogP) is 3.20. The van der Waals surface area contributed by atoms with Gasteiger partial charge in [-0.15, -0.1) is 0 Å². The van der Waals surface area contributed by atoms with Gasteiger partial charge >= 0.3 is 0 Å². The molecule has 1 amide bonds. The molecule has 1 saturated carbocycles. The highest BCUT2D eigenvalue weighted by atomic mass is 35.5. The minimum absolute atomic E-state index is 0.201. The Hall–Kier alpha value is -1.75. The van der Waals surface area contributed by atoms with Crippen LogP contribution in [0.4, 0.5) is 5.69 Å². The van der Waals surface area contributed by atoms with Crippen molar-refractivity contribution in [2.45, 2.75) is 44.2 Å². The maximum absolute atomic E-state index is 12.6. The molecule has 1 unspecified atom stereocenters. The fraction of sp³-hybridized carbons (Fsp3) is 0.556. The zero-order valence-electron chi connectivity index (χ0n) is 13.7. The molecule has 0 spiro atoms. The predicted molar refractivity (Wildman–Crippen MR) is 93.6 cm³/mol. The summed E-state index contributed by atoms with van der Waals surface area (Å²) >= 11 is 5.91. The van der Waals surface area contributed by atoms with Crippen molar-refractivity contribution in [2.75, 3.05) is 19.7 Å². The normalized spacial score (nSPS) is 26.6. The van der Waals surface area contributed by atoms with E-state index < -0.39 is 0 Å². The standard InChI is InChI=1S/C18H22ClN3O2/c19-13-6-8-14(9-7-13)20-18-22-11-17(23)21(10-16(22)12-24-18)15-4-2-1-3-5-15/h6-9,15-16H,1-5,10-12H2. The molecule has 2 heterocycles. The lowest BCUT2D eigenvalue weighted by molar-refractivity contribution is -0.139. The maximum Gasteiger partial charge on any atom is 0.293 e. The first-order valence-corrected chi connectivity index (χ1v) is 9.12. The molecule has 1 aromatic carbocycles. The van der Waals surface area contributed by atoms with E-state index in [2.05, 4.69) is 9.89 Å². The van der Waals surface area contributed by atoms with Crippen molar-refractivity contribution in [3.8, 4) is 0 Å². The van der Waals surface area contributed by atoms with Gasteiger partial charge in [-0.3, -0.25) is 4.79 Å². The van der Waals surface area contributed by atoms with E-state index in [0.29, 0.717) is 30.2 Å². The highest BCUT2D eigenvalue weighted by Gasteiger charge is 2.41. The van der Waals surface area contributed by atoms with Crippen LogP contribution in [0.15, 0.2) is 29.3 Å². The third-order valence-electron chi connectivity index (χ3n) is 5.19. The van der Waals surface area contributed by atoms with Crippen molar-refractivity contribution >= 4 is 29.2 Å². The summed E-state index contributed by atoms with van der Waals surface area (Å²) in [7, 11) is 0. The molecule has 1 aromatic rings. The van der Waals surface area contributed by atoms with Crippen molar-refractivity contribution in [1.82, 2.24) is 9.80 Å². The minimum atomic E-state index is 0.201. The number of hydrogen-bond acceptors (Lipinski definition) is 3. The molecule has 2 saturated heterocycles. The molecule has 0 bridgehead atoms. The molecular weight excluding hydrogens is 326 g/mol. The van der Waals surface area contributed by atoms with Crippen LogP contribution in [0.2, 0.25) is 5.02 Å². The molecule has 0 radical (unpaired) electrons. The van der Waals surface area contributed by atoms with Gasteiger partial charge < -0.3 is 14.5 Å². The number of carbonyl (C=O) groups is 1. The topological polar surface area (TPSA) is 45.1 Å². The quantitative estimate of drug-likeness (QED) is 0.825. The molecule has 1 atom stereocenters. The molecule has 6 heteroatoms. The molecule has 5 nitrogen and oxygen atoms in total. The number of aliphatic imine (C=N–C) groups is 1. The van der Waals surface area contributed by atoms with Crippen LogP contribution in [-0.4, -0.2) is 53.5 Å². The van der Waals surface area contributed by atoms with E-state index in [-0.39, 0.29) is 11.9 Å². The van der Waals surface area contributed by atoms with Gasteiger partial charge in [0.25, 0.3) is 6.02 Å². The summed E-state index contributed by atoms with van der Waals surface area (Å²) in [5, 5.41) is 0.681. The van der Waals surface area contributed by atoms with Crippen LogP contribution in [0.1, 0.15) is 32.1 Å². The lowest BCUT2D eigenvalue weighted by Crippen LogP contribution is -2.58. The number of fused-ring (bicyclic) bond motifs is 1. The van der Waals surface area contributed by atoms with Gasteiger partial charge in [0.2, 0.25) is 5.91 Å². The van der Waals surface area contributed by atoms with Crippen molar-refractivity contribution in [3.63, 3.8) is 0 Å². The Bertz CT molecular complexity index is 640. The number of hydrogen-bond donors (Lipinski definition) is 0. The van der Waals surface area contributed by atoms with Gasteiger partial charge in [-0.25, -0.2) is 0 Å². The fourth-order valence-corrected chi connectivity index (χ4v) is 4.01. The summed E-state index contributed by atoms with van der Waals surface area (Å²) < 4.78 is 5.78. The number of halogens is 1. The van der Waals surface area contributed by atoms with Crippen molar-refractivity contribution in [3.05, 3.63) is 29.3 Å². The lowest BCUT2D eigenvalue weighted by Gasteiger charge is -2.41. The second kappa shape index (κ2) is 6.63. The van der Waals surface area contributed by atoms with Gasteiger partial charge in [0, 0.05) is 17.6 Å². The summed E-state index contributed by atoms with van der Waals surface area (Å²) in [6.07, 6.45) is 6.07. The molecule has 2 aliphatic heterocycles. The number of amidine groups is 1. The van der Waals surface area contributed by atoms with Gasteiger partial charge in [0.15, 0.2) is 0 Å². The zero-order valence-corrected chi connectivity index (χ0v) is 14.4. The van der Waals surface area contributed by atoms with Crippen LogP contribution in [0.3, 0.4) is 0 Å². The Labute approximate surface area is 147 Å². The van der Waals surface area contributed by atoms with Crippen LogP contribution >= 0.6 is 11.6 Å². The second-order valence-corrected chi connectivity index (χ2v) is 7.24. The first-order chi connectivity index (χ1) is 11.7. The van der Waals surface area contributed by atoms with Gasteiger partial charge in [-0.05, 0) is 37.1 Å². The van der Waals surface area contributed by atoms with Crippen LogP contribution in [0, 0.1) is 0 Å².